The molecule has 3 aromatic rings. The number of fused-ring (bicyclic) bond motifs is 1. The lowest BCUT2D eigenvalue weighted by atomic mass is 10.1. The van der Waals surface area contributed by atoms with Crippen molar-refractivity contribution in [3.63, 3.8) is 0 Å². The number of para-hydroxylation sites is 1. The average Bonchev–Trinajstić information content (AvgIpc) is 3.13. The number of ether oxygens (including phenoxy) is 4. The molecule has 0 radical (unpaired) electrons. The van der Waals surface area contributed by atoms with Crippen LogP contribution in [0.25, 0.3) is 10.2 Å². The molecule has 0 saturated carbocycles. The van der Waals surface area contributed by atoms with Crippen molar-refractivity contribution >= 4 is 27.5 Å². The summed E-state index contributed by atoms with van der Waals surface area (Å²) < 4.78 is 25.8. The van der Waals surface area contributed by atoms with E-state index in [9.17, 15) is 4.79 Å². The third-order valence-electron chi connectivity index (χ3n) is 4.60. The van der Waals surface area contributed by atoms with Crippen LogP contribution in [0, 0.1) is 0 Å². The molecule has 0 N–H and O–H groups in total. The Morgan fingerprint density at radius 3 is 2.22 bits per heavy atom. The van der Waals surface area contributed by atoms with E-state index in [-0.39, 0.29) is 5.91 Å². The Hall–Kier alpha value is -2.84. The van der Waals surface area contributed by atoms with Gasteiger partial charge in [-0.15, -0.1) is 0 Å². The lowest BCUT2D eigenvalue weighted by molar-refractivity contribution is 0.0995. The first-order valence-corrected chi connectivity index (χ1v) is 11.8. The van der Waals surface area contributed by atoms with E-state index in [0.29, 0.717) is 67.2 Å². The van der Waals surface area contributed by atoms with Crippen molar-refractivity contribution in [3.8, 4) is 17.2 Å². The van der Waals surface area contributed by atoms with Gasteiger partial charge in [0.05, 0.1) is 36.6 Å². The summed E-state index contributed by atoms with van der Waals surface area (Å²) in [6.07, 6.45) is 0. The molecule has 172 valence electrons. The Kier molecular flexibility index (Phi) is 8.70. The lowest BCUT2D eigenvalue weighted by Gasteiger charge is -2.16. The highest BCUT2D eigenvalue weighted by molar-refractivity contribution is 7.16. The largest absolute Gasteiger partial charge is 0.490 e. The average molecular weight is 459 g/mol. The fraction of sp³-hybridized carbons (Fsp3) is 0.417. The second kappa shape index (κ2) is 11.7. The molecule has 0 unspecified atom stereocenters. The van der Waals surface area contributed by atoms with Gasteiger partial charge in [-0.05, 0) is 52.0 Å². The van der Waals surface area contributed by atoms with Crippen molar-refractivity contribution in [2.75, 3.05) is 33.0 Å². The van der Waals surface area contributed by atoms with Gasteiger partial charge in [-0.2, -0.15) is 4.99 Å². The Bertz CT molecular complexity index is 1090. The first-order chi connectivity index (χ1) is 15.6. The van der Waals surface area contributed by atoms with Crippen molar-refractivity contribution in [2.45, 2.75) is 34.2 Å². The van der Waals surface area contributed by atoms with Crippen molar-refractivity contribution in [1.29, 1.82) is 0 Å². The van der Waals surface area contributed by atoms with Gasteiger partial charge >= 0.3 is 0 Å². The van der Waals surface area contributed by atoms with Gasteiger partial charge in [0.25, 0.3) is 5.91 Å². The monoisotopic (exact) mass is 458 g/mol. The van der Waals surface area contributed by atoms with Crippen LogP contribution in [0.4, 0.5) is 0 Å². The summed E-state index contributed by atoms with van der Waals surface area (Å²) in [5.41, 5.74) is 1.41. The third-order valence-corrected chi connectivity index (χ3v) is 5.66. The van der Waals surface area contributed by atoms with Crippen molar-refractivity contribution in [3.05, 3.63) is 46.8 Å². The van der Waals surface area contributed by atoms with E-state index in [0.717, 1.165) is 10.2 Å². The summed E-state index contributed by atoms with van der Waals surface area (Å²) in [7, 11) is 0. The molecule has 0 saturated heterocycles. The van der Waals surface area contributed by atoms with E-state index < -0.39 is 0 Å². The minimum Gasteiger partial charge on any atom is -0.490 e. The smallest absolute Gasteiger partial charge is 0.279 e. The van der Waals surface area contributed by atoms with E-state index in [1.165, 1.54) is 11.3 Å². The van der Waals surface area contributed by atoms with Crippen LogP contribution in [-0.2, 0) is 11.3 Å². The van der Waals surface area contributed by atoms with Crippen molar-refractivity contribution < 1.29 is 23.7 Å². The highest BCUT2D eigenvalue weighted by atomic mass is 32.1. The molecule has 0 aliphatic heterocycles. The molecule has 0 fully saturated rings. The molecule has 0 atom stereocenters. The molecule has 32 heavy (non-hydrogen) atoms. The van der Waals surface area contributed by atoms with Crippen molar-refractivity contribution in [2.24, 2.45) is 4.99 Å². The van der Waals surface area contributed by atoms with E-state index >= 15 is 0 Å². The number of carbonyl (C=O) groups excluding carboxylic acids is 1. The van der Waals surface area contributed by atoms with E-state index in [2.05, 4.69) is 4.99 Å². The van der Waals surface area contributed by atoms with Gasteiger partial charge < -0.3 is 23.5 Å². The van der Waals surface area contributed by atoms with Crippen molar-refractivity contribution in [1.82, 2.24) is 4.57 Å². The molecule has 8 heteroatoms. The minimum atomic E-state index is -0.369. The Morgan fingerprint density at radius 2 is 1.59 bits per heavy atom. The summed E-state index contributed by atoms with van der Waals surface area (Å²) in [5.74, 6) is 1.08. The minimum absolute atomic E-state index is 0.369. The third kappa shape index (κ3) is 5.49. The topological polar surface area (TPSA) is 71.3 Å². The predicted molar refractivity (Wildman–Crippen MR) is 126 cm³/mol. The molecule has 1 heterocycles. The summed E-state index contributed by atoms with van der Waals surface area (Å²) in [6.45, 7) is 10.8. The summed E-state index contributed by atoms with van der Waals surface area (Å²) in [6, 6.07) is 11.3. The van der Waals surface area contributed by atoms with Gasteiger partial charge in [-0.1, -0.05) is 23.5 Å². The number of benzene rings is 2. The highest BCUT2D eigenvalue weighted by Gasteiger charge is 2.18. The number of nitrogens with zero attached hydrogens (tertiary/aromatic N) is 2. The number of carbonyl (C=O) groups is 1. The molecule has 0 spiro atoms. The molecule has 3 rings (SSSR count). The standard InChI is InChI=1S/C24H30N2O5S/c1-5-28-14-13-26-18-11-9-10-12-21(18)32-24(26)25-23(27)17-15-19(29-6-2)22(31-8-4)20(16-17)30-7-3/h9-12,15-16H,5-8,13-14H2,1-4H3. The molecule has 0 bridgehead atoms. The number of amides is 1. The maximum atomic E-state index is 13.2. The van der Waals surface area contributed by atoms with Crippen LogP contribution >= 0.6 is 11.3 Å². The number of aromatic nitrogens is 1. The Morgan fingerprint density at radius 1 is 0.938 bits per heavy atom. The zero-order valence-electron chi connectivity index (χ0n) is 19.1. The first kappa shape index (κ1) is 23.8. The maximum Gasteiger partial charge on any atom is 0.279 e. The van der Waals surface area contributed by atoms with E-state index in [1.54, 1.807) is 12.1 Å². The van der Waals surface area contributed by atoms with Crippen LogP contribution in [0.5, 0.6) is 17.2 Å². The van der Waals surface area contributed by atoms with Gasteiger partial charge in [0.1, 0.15) is 0 Å². The Labute approximate surface area is 192 Å². The van der Waals surface area contributed by atoms with Gasteiger partial charge in [-0.3, -0.25) is 4.79 Å². The highest BCUT2D eigenvalue weighted by Crippen LogP contribution is 2.39. The number of hydrogen-bond donors (Lipinski definition) is 0. The second-order valence-corrected chi connectivity index (χ2v) is 7.73. The van der Waals surface area contributed by atoms with Gasteiger partial charge in [0.15, 0.2) is 16.3 Å². The molecule has 0 aliphatic rings. The molecular weight excluding hydrogens is 428 g/mol. The van der Waals surface area contributed by atoms with Crippen LogP contribution in [-0.4, -0.2) is 43.5 Å². The SMILES string of the molecule is CCOCCn1c(=NC(=O)c2cc(OCC)c(OCC)c(OCC)c2)sc2ccccc21. The van der Waals surface area contributed by atoms with Crippen LogP contribution < -0.4 is 19.0 Å². The normalized spacial score (nSPS) is 11.7. The first-order valence-electron chi connectivity index (χ1n) is 10.9. The number of rotatable bonds is 11. The quantitative estimate of drug-likeness (QED) is 0.390. The lowest BCUT2D eigenvalue weighted by Crippen LogP contribution is -2.19. The Balaban J connectivity index is 2.07. The number of thiazole rings is 1. The van der Waals surface area contributed by atoms with Gasteiger partial charge in [0.2, 0.25) is 5.75 Å². The second-order valence-electron chi connectivity index (χ2n) is 6.72. The predicted octanol–water partition coefficient (Wildman–Crippen LogP) is 4.68. The molecular formula is C24H30N2O5S. The van der Waals surface area contributed by atoms with Gasteiger partial charge in [-0.25, -0.2) is 0 Å². The summed E-state index contributed by atoms with van der Waals surface area (Å²) in [5, 5.41) is 0. The van der Waals surface area contributed by atoms with Gasteiger partial charge in [0, 0.05) is 18.7 Å². The molecule has 1 aromatic heterocycles. The van der Waals surface area contributed by atoms with Crippen LogP contribution in [0.3, 0.4) is 0 Å². The molecule has 2 aromatic carbocycles. The van der Waals surface area contributed by atoms with E-state index in [1.807, 2.05) is 56.5 Å². The van der Waals surface area contributed by atoms with Crippen LogP contribution in [0.2, 0.25) is 0 Å². The molecule has 1 amide bonds. The van der Waals surface area contributed by atoms with Crippen LogP contribution in [0.15, 0.2) is 41.4 Å². The van der Waals surface area contributed by atoms with Crippen LogP contribution in [0.1, 0.15) is 38.1 Å². The molecule has 0 aliphatic carbocycles. The zero-order chi connectivity index (χ0) is 22.9. The summed E-state index contributed by atoms with van der Waals surface area (Å²) in [4.78, 5) is 18.3. The fourth-order valence-corrected chi connectivity index (χ4v) is 4.34. The molecule has 7 nitrogen and oxygen atoms in total. The fourth-order valence-electron chi connectivity index (χ4n) is 3.29. The zero-order valence-corrected chi connectivity index (χ0v) is 19.9. The maximum absolute atomic E-state index is 13.2. The van der Waals surface area contributed by atoms with E-state index in [4.69, 9.17) is 18.9 Å². The summed E-state index contributed by atoms with van der Waals surface area (Å²) >= 11 is 1.48. The number of hydrogen-bond acceptors (Lipinski definition) is 6.